The molecule has 1 atom stereocenters. The number of fused-ring (bicyclic) bond motifs is 2. The minimum atomic E-state index is -0.0681. The smallest absolute Gasteiger partial charge is 0.231 e. The van der Waals surface area contributed by atoms with Crippen LogP contribution in [0, 0.1) is 12.8 Å². The number of nitrogens with zero attached hydrogens (tertiary/aromatic N) is 4. The average molecular weight is 476 g/mol. The molecule has 0 aliphatic carbocycles. The number of benzene rings is 2. The number of thiazole rings is 1. The van der Waals surface area contributed by atoms with E-state index in [9.17, 15) is 4.79 Å². The Balaban J connectivity index is 1.15. The van der Waals surface area contributed by atoms with Crippen LogP contribution in [0.25, 0.3) is 16.0 Å². The van der Waals surface area contributed by atoms with Gasteiger partial charge in [0.15, 0.2) is 22.3 Å². The van der Waals surface area contributed by atoms with E-state index < -0.39 is 0 Å². The molecule has 1 amide bonds. The van der Waals surface area contributed by atoms with Gasteiger partial charge in [-0.15, -0.1) is 0 Å². The summed E-state index contributed by atoms with van der Waals surface area (Å²) in [5.74, 6) is 1.49. The summed E-state index contributed by atoms with van der Waals surface area (Å²) in [6, 6.07) is 15.8. The molecular weight excluding hydrogens is 450 g/mol. The van der Waals surface area contributed by atoms with Crippen LogP contribution in [0.2, 0.25) is 0 Å². The van der Waals surface area contributed by atoms with Crippen molar-refractivity contribution in [1.82, 2.24) is 20.1 Å². The van der Waals surface area contributed by atoms with E-state index in [0.29, 0.717) is 13.1 Å². The molecule has 0 bridgehead atoms. The van der Waals surface area contributed by atoms with Gasteiger partial charge >= 0.3 is 0 Å². The second-order valence-corrected chi connectivity index (χ2v) is 9.65. The number of carbonyl (C=O) groups excluding carboxylic acids is 1. The number of aryl methyl sites for hydroxylation is 1. The zero-order valence-electron chi connectivity index (χ0n) is 18.9. The van der Waals surface area contributed by atoms with Gasteiger partial charge in [-0.2, -0.15) is 10.1 Å². The lowest BCUT2D eigenvalue weighted by molar-refractivity contribution is -0.125. The molecule has 1 unspecified atom stereocenters. The average Bonchev–Trinajstić information content (AvgIpc) is 3.59. The Bertz CT molecular complexity index is 1350. The first kappa shape index (κ1) is 21.0. The van der Waals surface area contributed by atoms with Gasteiger partial charge in [0.25, 0.3) is 0 Å². The minimum absolute atomic E-state index is 0.0681. The van der Waals surface area contributed by atoms with Gasteiger partial charge in [-0.3, -0.25) is 4.79 Å². The number of piperidine rings is 1. The number of anilines is 1. The number of aromatic nitrogens is 3. The van der Waals surface area contributed by atoms with Crippen molar-refractivity contribution in [3.8, 4) is 17.2 Å². The van der Waals surface area contributed by atoms with Crippen LogP contribution < -0.4 is 19.7 Å². The predicted octanol–water partition coefficient (Wildman–Crippen LogP) is 4.05. The fourth-order valence-electron chi connectivity index (χ4n) is 4.56. The van der Waals surface area contributed by atoms with Crippen LogP contribution >= 0.6 is 11.3 Å². The molecular formula is C25H25N5O3S. The van der Waals surface area contributed by atoms with Gasteiger partial charge in [0.2, 0.25) is 12.7 Å². The van der Waals surface area contributed by atoms with E-state index in [0.717, 1.165) is 63.3 Å². The molecule has 0 spiro atoms. The van der Waals surface area contributed by atoms with E-state index in [-0.39, 0.29) is 18.6 Å². The van der Waals surface area contributed by atoms with Crippen LogP contribution in [0.3, 0.4) is 0 Å². The Hall–Kier alpha value is -3.59. The highest BCUT2D eigenvalue weighted by atomic mass is 32.1. The Kier molecular flexibility index (Phi) is 5.33. The first-order valence-corrected chi connectivity index (χ1v) is 12.3. The molecule has 2 aromatic heterocycles. The molecule has 174 valence electrons. The normalized spacial score (nSPS) is 17.3. The molecule has 1 saturated heterocycles. The van der Waals surface area contributed by atoms with E-state index in [2.05, 4.69) is 15.3 Å². The highest BCUT2D eigenvalue weighted by molar-refractivity contribution is 7.22. The Labute approximate surface area is 201 Å². The quantitative estimate of drug-likeness (QED) is 0.469. The third-order valence-corrected chi connectivity index (χ3v) is 7.56. The summed E-state index contributed by atoms with van der Waals surface area (Å²) >= 11 is 1.66. The lowest BCUT2D eigenvalue weighted by Gasteiger charge is -2.31. The topological polar surface area (TPSA) is 81.5 Å². The number of hydrogen-bond acceptors (Lipinski definition) is 7. The molecule has 4 heterocycles. The molecule has 34 heavy (non-hydrogen) atoms. The van der Waals surface area contributed by atoms with Crippen molar-refractivity contribution >= 4 is 32.7 Å². The summed E-state index contributed by atoms with van der Waals surface area (Å²) in [5, 5.41) is 8.74. The van der Waals surface area contributed by atoms with Crippen LogP contribution in [-0.2, 0) is 11.3 Å². The monoisotopic (exact) mass is 475 g/mol. The van der Waals surface area contributed by atoms with E-state index in [1.807, 2.05) is 60.1 Å². The summed E-state index contributed by atoms with van der Waals surface area (Å²) < 4.78 is 13.8. The Morgan fingerprint density at radius 2 is 2.03 bits per heavy atom. The third kappa shape index (κ3) is 3.86. The first-order valence-electron chi connectivity index (χ1n) is 11.5. The molecule has 8 nitrogen and oxygen atoms in total. The molecule has 2 aliphatic heterocycles. The molecule has 2 aliphatic rings. The van der Waals surface area contributed by atoms with Crippen LogP contribution in [0.15, 0.2) is 48.5 Å². The summed E-state index contributed by atoms with van der Waals surface area (Å²) in [4.78, 5) is 20.2. The van der Waals surface area contributed by atoms with Crippen molar-refractivity contribution in [2.24, 2.45) is 5.92 Å². The van der Waals surface area contributed by atoms with Gasteiger partial charge in [0, 0.05) is 19.6 Å². The SMILES string of the molecule is Cc1nn(-c2ccccc2)c2nc(N3CCCC(C(=O)NCc4ccc5c(c4)OCO5)C3)sc12. The van der Waals surface area contributed by atoms with E-state index in [4.69, 9.17) is 14.5 Å². The number of nitrogens with one attached hydrogen (secondary N) is 1. The molecule has 4 aromatic rings. The number of ether oxygens (including phenoxy) is 2. The lowest BCUT2D eigenvalue weighted by Crippen LogP contribution is -2.43. The van der Waals surface area contributed by atoms with Gasteiger partial charge in [-0.25, -0.2) is 4.68 Å². The number of rotatable bonds is 5. The van der Waals surface area contributed by atoms with E-state index in [1.165, 1.54) is 0 Å². The molecule has 0 radical (unpaired) electrons. The van der Waals surface area contributed by atoms with Crippen LogP contribution in [-0.4, -0.2) is 40.6 Å². The second kappa shape index (κ2) is 8.64. The maximum atomic E-state index is 13.0. The van der Waals surface area contributed by atoms with Crippen LogP contribution in [0.4, 0.5) is 5.13 Å². The Morgan fingerprint density at radius 3 is 2.91 bits per heavy atom. The summed E-state index contributed by atoms with van der Waals surface area (Å²) in [5.41, 5.74) is 3.84. The van der Waals surface area contributed by atoms with Gasteiger partial charge in [-0.05, 0) is 49.6 Å². The maximum absolute atomic E-state index is 13.0. The van der Waals surface area contributed by atoms with E-state index >= 15 is 0 Å². The van der Waals surface area contributed by atoms with Crippen molar-refractivity contribution in [3.05, 3.63) is 59.8 Å². The van der Waals surface area contributed by atoms with Gasteiger partial charge in [-0.1, -0.05) is 35.6 Å². The molecule has 9 heteroatoms. The van der Waals surface area contributed by atoms with E-state index in [1.54, 1.807) is 11.3 Å². The number of carbonyl (C=O) groups is 1. The summed E-state index contributed by atoms with van der Waals surface area (Å²) in [6.07, 6.45) is 1.84. The molecule has 2 aromatic carbocycles. The highest BCUT2D eigenvalue weighted by Gasteiger charge is 2.28. The first-order chi connectivity index (χ1) is 16.7. The van der Waals surface area contributed by atoms with Crippen molar-refractivity contribution in [2.75, 3.05) is 24.8 Å². The van der Waals surface area contributed by atoms with Crippen molar-refractivity contribution < 1.29 is 14.3 Å². The zero-order chi connectivity index (χ0) is 23.1. The summed E-state index contributed by atoms with van der Waals surface area (Å²) in [7, 11) is 0. The summed E-state index contributed by atoms with van der Waals surface area (Å²) in [6.45, 7) is 4.31. The minimum Gasteiger partial charge on any atom is -0.454 e. The van der Waals surface area contributed by atoms with Gasteiger partial charge in [0.05, 0.1) is 22.0 Å². The molecule has 0 saturated carbocycles. The number of amides is 1. The third-order valence-electron chi connectivity index (χ3n) is 6.34. The lowest BCUT2D eigenvalue weighted by atomic mass is 9.97. The van der Waals surface area contributed by atoms with Crippen LogP contribution in [0.1, 0.15) is 24.1 Å². The zero-order valence-corrected chi connectivity index (χ0v) is 19.7. The maximum Gasteiger partial charge on any atom is 0.231 e. The molecule has 6 rings (SSSR count). The van der Waals surface area contributed by atoms with Gasteiger partial charge < -0.3 is 19.7 Å². The largest absolute Gasteiger partial charge is 0.454 e. The fraction of sp³-hybridized carbons (Fsp3) is 0.320. The Morgan fingerprint density at radius 1 is 1.18 bits per heavy atom. The van der Waals surface area contributed by atoms with Gasteiger partial charge in [0.1, 0.15) is 0 Å². The van der Waals surface area contributed by atoms with Crippen molar-refractivity contribution in [3.63, 3.8) is 0 Å². The molecule has 1 N–H and O–H groups in total. The van der Waals surface area contributed by atoms with Crippen molar-refractivity contribution in [1.29, 1.82) is 0 Å². The highest BCUT2D eigenvalue weighted by Crippen LogP contribution is 2.35. The van der Waals surface area contributed by atoms with Crippen LogP contribution in [0.5, 0.6) is 11.5 Å². The van der Waals surface area contributed by atoms with Crippen molar-refractivity contribution in [2.45, 2.75) is 26.3 Å². The number of para-hydroxylation sites is 1. The predicted molar refractivity (Wildman–Crippen MR) is 131 cm³/mol. The molecule has 1 fully saturated rings. The number of hydrogen-bond donors (Lipinski definition) is 1. The fourth-order valence-corrected chi connectivity index (χ4v) is 5.58. The standard InChI is InChI=1S/C25H25N5O3S/c1-16-22-23(30(28-16)19-7-3-2-4-8-19)27-25(34-22)29-11-5-6-18(14-29)24(31)26-13-17-9-10-20-21(12-17)33-15-32-20/h2-4,7-10,12,18H,5-6,11,13-15H2,1H3,(H,26,31). The second-order valence-electron chi connectivity index (χ2n) is 8.67.